The minimum atomic E-state index is -0.696. The molecule has 0 radical (unpaired) electrons. The van der Waals surface area contributed by atoms with Gasteiger partial charge in [-0.3, -0.25) is 9.59 Å². The molecule has 2 N–H and O–H groups in total. The van der Waals surface area contributed by atoms with E-state index in [0.717, 1.165) is 6.42 Å². The first-order chi connectivity index (χ1) is 14.9. The molecule has 3 unspecified atom stereocenters. The fraction of sp³-hybridized carbons (Fsp3) is 0.818. The molecule has 0 aromatic rings. The summed E-state index contributed by atoms with van der Waals surface area (Å²) in [4.78, 5) is 47.2. The third-order valence-electron chi connectivity index (χ3n) is 6.21. The SMILES string of the molecule is CC1C(C(=O)N2CCCC3(CC(C(=O)NC[C@@H](C)O)=NO3)C2)CCN1C(=O)OC(C)(C)C. The van der Waals surface area contributed by atoms with Gasteiger partial charge in [-0.15, -0.1) is 0 Å². The molecule has 180 valence electrons. The lowest BCUT2D eigenvalue weighted by molar-refractivity contribution is -0.145. The minimum Gasteiger partial charge on any atom is -0.444 e. The largest absolute Gasteiger partial charge is 0.444 e. The number of hydrogen-bond acceptors (Lipinski definition) is 7. The van der Waals surface area contributed by atoms with E-state index >= 15 is 0 Å². The summed E-state index contributed by atoms with van der Waals surface area (Å²) in [5.74, 6) is -0.657. The Hall–Kier alpha value is -2.36. The predicted octanol–water partition coefficient (Wildman–Crippen LogP) is 1.27. The van der Waals surface area contributed by atoms with Crippen LogP contribution in [0, 0.1) is 5.92 Å². The number of carbonyl (C=O) groups excluding carboxylic acids is 3. The van der Waals surface area contributed by atoms with Crippen LogP contribution in [0.4, 0.5) is 4.79 Å². The van der Waals surface area contributed by atoms with E-state index in [1.807, 2.05) is 27.7 Å². The smallest absolute Gasteiger partial charge is 0.410 e. The van der Waals surface area contributed by atoms with Crippen molar-refractivity contribution < 1.29 is 29.1 Å². The normalized spacial score (nSPS) is 28.9. The van der Waals surface area contributed by atoms with Gasteiger partial charge >= 0.3 is 6.09 Å². The van der Waals surface area contributed by atoms with Crippen LogP contribution in [0.15, 0.2) is 5.16 Å². The summed E-state index contributed by atoms with van der Waals surface area (Å²) in [6, 6.07) is -0.252. The molecule has 4 atom stereocenters. The second-order valence-corrected chi connectivity index (χ2v) is 10.2. The van der Waals surface area contributed by atoms with E-state index in [1.54, 1.807) is 16.7 Å². The average molecular weight is 453 g/mol. The van der Waals surface area contributed by atoms with E-state index in [2.05, 4.69) is 10.5 Å². The number of nitrogens with zero attached hydrogens (tertiary/aromatic N) is 3. The van der Waals surface area contributed by atoms with Crippen molar-refractivity contribution in [3.63, 3.8) is 0 Å². The molecule has 3 rings (SSSR count). The number of aliphatic hydroxyl groups is 1. The van der Waals surface area contributed by atoms with Gasteiger partial charge in [-0.2, -0.15) is 0 Å². The molecule has 32 heavy (non-hydrogen) atoms. The second-order valence-electron chi connectivity index (χ2n) is 10.2. The number of piperidine rings is 1. The van der Waals surface area contributed by atoms with Crippen molar-refractivity contribution in [2.75, 3.05) is 26.2 Å². The van der Waals surface area contributed by atoms with Gasteiger partial charge in [-0.25, -0.2) is 4.79 Å². The molecule has 3 heterocycles. The standard InChI is InChI=1S/C22H36N4O6/c1-14(27)12-23-18(28)17-11-22(32-24-17)8-6-9-25(13-22)19(29)16-7-10-26(15(16)2)20(30)31-21(3,4)5/h14-16,27H,6-13H2,1-5H3,(H,23,28)/t14-,15?,16?,22?/m1/s1. The van der Waals surface area contributed by atoms with Crippen molar-refractivity contribution in [2.24, 2.45) is 11.1 Å². The summed E-state index contributed by atoms with van der Waals surface area (Å²) >= 11 is 0. The Bertz CT molecular complexity index is 777. The van der Waals surface area contributed by atoms with Crippen LogP contribution in [-0.4, -0.2) is 88.1 Å². The Morgan fingerprint density at radius 1 is 1.34 bits per heavy atom. The first-order valence-corrected chi connectivity index (χ1v) is 11.4. The first-order valence-electron chi connectivity index (χ1n) is 11.4. The van der Waals surface area contributed by atoms with Gasteiger partial charge in [-0.05, 0) is 53.9 Å². The maximum absolute atomic E-state index is 13.3. The van der Waals surface area contributed by atoms with Crippen molar-refractivity contribution in [2.45, 2.75) is 83.6 Å². The van der Waals surface area contributed by atoms with E-state index in [4.69, 9.17) is 9.57 Å². The molecule has 2 fully saturated rings. The van der Waals surface area contributed by atoms with E-state index in [1.165, 1.54) is 0 Å². The van der Waals surface area contributed by atoms with Crippen molar-refractivity contribution in [3.05, 3.63) is 0 Å². The van der Waals surface area contributed by atoms with Gasteiger partial charge in [0, 0.05) is 32.1 Å². The maximum Gasteiger partial charge on any atom is 0.410 e. The van der Waals surface area contributed by atoms with Crippen LogP contribution in [0.2, 0.25) is 0 Å². The van der Waals surface area contributed by atoms with Gasteiger partial charge < -0.3 is 29.8 Å². The van der Waals surface area contributed by atoms with Crippen molar-refractivity contribution in [1.29, 1.82) is 0 Å². The van der Waals surface area contributed by atoms with Crippen LogP contribution in [-0.2, 0) is 19.2 Å². The number of nitrogens with one attached hydrogen (secondary N) is 1. The maximum atomic E-state index is 13.3. The first kappa shape index (κ1) is 24.3. The van der Waals surface area contributed by atoms with Gasteiger partial charge in [-0.1, -0.05) is 5.16 Å². The number of rotatable bonds is 4. The van der Waals surface area contributed by atoms with Gasteiger partial charge in [0.2, 0.25) is 5.91 Å². The highest BCUT2D eigenvalue weighted by molar-refractivity contribution is 6.39. The fourth-order valence-electron chi connectivity index (χ4n) is 4.57. The topological polar surface area (TPSA) is 121 Å². The van der Waals surface area contributed by atoms with E-state index in [-0.39, 0.29) is 36.0 Å². The minimum absolute atomic E-state index is 0.00163. The Kier molecular flexibility index (Phi) is 7.02. The zero-order valence-corrected chi connectivity index (χ0v) is 19.7. The quantitative estimate of drug-likeness (QED) is 0.663. The highest BCUT2D eigenvalue weighted by atomic mass is 16.7. The summed E-state index contributed by atoms with van der Waals surface area (Å²) in [5.41, 5.74) is -1.000. The monoisotopic (exact) mass is 452 g/mol. The van der Waals surface area contributed by atoms with Crippen LogP contribution in [0.1, 0.15) is 60.3 Å². The zero-order valence-electron chi connectivity index (χ0n) is 19.7. The molecule has 0 aromatic heterocycles. The number of hydrogen-bond donors (Lipinski definition) is 2. The molecule has 0 bridgehead atoms. The number of oxime groups is 1. The van der Waals surface area contributed by atoms with Crippen LogP contribution in [0.3, 0.4) is 0 Å². The number of carbonyl (C=O) groups is 3. The summed E-state index contributed by atoms with van der Waals surface area (Å²) in [6.45, 7) is 10.5. The molecule has 0 aliphatic carbocycles. The second kappa shape index (κ2) is 9.25. The third-order valence-corrected chi connectivity index (χ3v) is 6.21. The highest BCUT2D eigenvalue weighted by Gasteiger charge is 2.48. The third kappa shape index (κ3) is 5.51. The average Bonchev–Trinajstić information content (AvgIpc) is 3.28. The fourth-order valence-corrected chi connectivity index (χ4v) is 4.57. The molecular weight excluding hydrogens is 416 g/mol. The number of amides is 3. The predicted molar refractivity (Wildman–Crippen MR) is 117 cm³/mol. The molecular formula is C22H36N4O6. The molecule has 0 aromatic carbocycles. The van der Waals surface area contributed by atoms with Gasteiger partial charge in [0.15, 0.2) is 5.60 Å². The highest BCUT2D eigenvalue weighted by Crippen LogP contribution is 2.35. The number of likely N-dealkylation sites (tertiary alicyclic amines) is 2. The molecule has 3 amide bonds. The van der Waals surface area contributed by atoms with Crippen molar-refractivity contribution >= 4 is 23.6 Å². The summed E-state index contributed by atoms with van der Waals surface area (Å²) < 4.78 is 5.48. The van der Waals surface area contributed by atoms with Crippen LogP contribution >= 0.6 is 0 Å². The molecule has 1 spiro atoms. The van der Waals surface area contributed by atoms with Crippen LogP contribution < -0.4 is 5.32 Å². The summed E-state index contributed by atoms with van der Waals surface area (Å²) in [5, 5.41) is 16.0. The van der Waals surface area contributed by atoms with E-state index < -0.39 is 23.4 Å². The summed E-state index contributed by atoms with van der Waals surface area (Å²) in [7, 11) is 0. The molecule has 2 saturated heterocycles. The Balaban J connectivity index is 1.58. The van der Waals surface area contributed by atoms with Gasteiger partial charge in [0.25, 0.3) is 5.91 Å². The Morgan fingerprint density at radius 3 is 2.72 bits per heavy atom. The van der Waals surface area contributed by atoms with Gasteiger partial charge in [0.1, 0.15) is 11.3 Å². The lowest BCUT2D eigenvalue weighted by Crippen LogP contribution is -2.53. The van der Waals surface area contributed by atoms with Crippen LogP contribution in [0.25, 0.3) is 0 Å². The van der Waals surface area contributed by atoms with E-state index in [9.17, 15) is 19.5 Å². The zero-order chi connectivity index (χ0) is 23.7. The van der Waals surface area contributed by atoms with Crippen LogP contribution in [0.5, 0.6) is 0 Å². The molecule has 3 aliphatic rings. The number of aliphatic hydroxyl groups excluding tert-OH is 1. The molecule has 0 saturated carbocycles. The molecule has 3 aliphatic heterocycles. The van der Waals surface area contributed by atoms with Gasteiger partial charge in [0.05, 0.1) is 18.6 Å². The Labute approximate surface area is 189 Å². The summed E-state index contributed by atoms with van der Waals surface area (Å²) in [6.07, 6.45) is 1.33. The van der Waals surface area contributed by atoms with Crippen molar-refractivity contribution in [1.82, 2.24) is 15.1 Å². The number of ether oxygens (including phenoxy) is 1. The lowest BCUT2D eigenvalue weighted by atomic mass is 9.87. The Morgan fingerprint density at radius 2 is 2.06 bits per heavy atom. The molecule has 10 nitrogen and oxygen atoms in total. The lowest BCUT2D eigenvalue weighted by Gasteiger charge is -2.39. The van der Waals surface area contributed by atoms with E-state index in [0.29, 0.717) is 38.9 Å². The van der Waals surface area contributed by atoms with Crippen molar-refractivity contribution in [3.8, 4) is 0 Å². The molecule has 10 heteroatoms.